The number of esters is 1. The highest BCUT2D eigenvalue weighted by molar-refractivity contribution is 6.22. The Labute approximate surface area is 145 Å². The maximum absolute atomic E-state index is 12.5. The normalized spacial score (nSPS) is 11.8. The molecule has 1 aliphatic carbocycles. The van der Waals surface area contributed by atoms with Gasteiger partial charge in [-0.15, -0.1) is 0 Å². The van der Waals surface area contributed by atoms with Crippen LogP contribution < -0.4 is 4.74 Å². The number of ether oxygens (including phenoxy) is 1. The molecule has 0 amide bonds. The molecular formula is C22H16O3. The zero-order valence-electron chi connectivity index (χ0n) is 14.0. The van der Waals surface area contributed by atoms with Crippen LogP contribution >= 0.6 is 0 Å². The minimum absolute atomic E-state index is 0.000299. The van der Waals surface area contributed by atoms with Crippen LogP contribution in [0.4, 0.5) is 0 Å². The first-order valence-corrected chi connectivity index (χ1v) is 8.12. The Hall–Kier alpha value is -3.20. The molecular weight excluding hydrogens is 312 g/mol. The first kappa shape index (κ1) is 15.3. The number of rotatable bonds is 2. The predicted molar refractivity (Wildman–Crippen MR) is 96.2 cm³/mol. The highest BCUT2D eigenvalue weighted by atomic mass is 16.5. The number of benzene rings is 3. The van der Waals surface area contributed by atoms with E-state index in [2.05, 4.69) is 0 Å². The van der Waals surface area contributed by atoms with Crippen LogP contribution in [0.1, 0.15) is 37.4 Å². The molecule has 3 aromatic carbocycles. The maximum atomic E-state index is 12.5. The number of ketones is 1. The van der Waals surface area contributed by atoms with Gasteiger partial charge >= 0.3 is 5.97 Å². The second-order valence-corrected chi connectivity index (χ2v) is 6.27. The van der Waals surface area contributed by atoms with Crippen molar-refractivity contribution >= 4 is 11.8 Å². The van der Waals surface area contributed by atoms with Crippen molar-refractivity contribution in [1.82, 2.24) is 0 Å². The van der Waals surface area contributed by atoms with Gasteiger partial charge in [0.05, 0.1) is 5.56 Å². The molecule has 0 N–H and O–H groups in total. The number of fused-ring (bicyclic) bond motifs is 3. The van der Waals surface area contributed by atoms with Gasteiger partial charge in [0.15, 0.2) is 5.78 Å². The molecule has 0 aromatic heterocycles. The third-order valence-corrected chi connectivity index (χ3v) is 4.65. The monoisotopic (exact) mass is 328 g/mol. The van der Waals surface area contributed by atoms with E-state index in [1.54, 1.807) is 24.3 Å². The van der Waals surface area contributed by atoms with Gasteiger partial charge in [-0.05, 0) is 66.4 Å². The number of hydrogen-bond donors (Lipinski definition) is 0. The lowest BCUT2D eigenvalue weighted by Gasteiger charge is -2.08. The third kappa shape index (κ3) is 2.54. The summed E-state index contributed by atoms with van der Waals surface area (Å²) in [7, 11) is 0. The maximum Gasteiger partial charge on any atom is 0.343 e. The molecule has 0 fully saturated rings. The van der Waals surface area contributed by atoms with E-state index in [1.165, 1.54) is 0 Å². The summed E-state index contributed by atoms with van der Waals surface area (Å²) >= 11 is 0. The number of carbonyl (C=O) groups excluding carboxylic acids is 2. The summed E-state index contributed by atoms with van der Waals surface area (Å²) in [5.41, 5.74) is 5.60. The minimum Gasteiger partial charge on any atom is -0.423 e. The molecule has 3 heteroatoms. The van der Waals surface area contributed by atoms with Gasteiger partial charge in [0.1, 0.15) is 5.75 Å². The fraction of sp³-hybridized carbons (Fsp3) is 0.0909. The molecule has 3 nitrogen and oxygen atoms in total. The lowest BCUT2D eigenvalue weighted by atomic mass is 10.0. The van der Waals surface area contributed by atoms with Crippen LogP contribution in [0.25, 0.3) is 11.1 Å². The summed E-state index contributed by atoms with van der Waals surface area (Å²) < 4.78 is 5.49. The van der Waals surface area contributed by atoms with Gasteiger partial charge < -0.3 is 4.74 Å². The smallest absolute Gasteiger partial charge is 0.343 e. The Morgan fingerprint density at radius 2 is 1.48 bits per heavy atom. The van der Waals surface area contributed by atoms with Gasteiger partial charge in [0, 0.05) is 11.1 Å². The molecule has 25 heavy (non-hydrogen) atoms. The van der Waals surface area contributed by atoms with Crippen LogP contribution in [0.15, 0.2) is 60.7 Å². The number of aryl methyl sites for hydroxylation is 2. The zero-order chi connectivity index (χ0) is 17.6. The summed E-state index contributed by atoms with van der Waals surface area (Å²) in [6, 6.07) is 18.1. The topological polar surface area (TPSA) is 43.4 Å². The molecule has 0 bridgehead atoms. The molecule has 4 rings (SSSR count). The van der Waals surface area contributed by atoms with Crippen LogP contribution in [0.3, 0.4) is 0 Å². The van der Waals surface area contributed by atoms with Crippen molar-refractivity contribution in [2.24, 2.45) is 0 Å². The summed E-state index contributed by atoms with van der Waals surface area (Å²) in [5.74, 6) is 0.0904. The first-order valence-electron chi connectivity index (χ1n) is 8.12. The predicted octanol–water partition coefficient (Wildman–Crippen LogP) is 4.73. The Balaban J connectivity index is 1.68. The minimum atomic E-state index is -0.428. The molecule has 0 unspecified atom stereocenters. The van der Waals surface area contributed by atoms with Gasteiger partial charge in [-0.1, -0.05) is 30.3 Å². The highest BCUT2D eigenvalue weighted by Gasteiger charge is 2.27. The molecule has 122 valence electrons. The Morgan fingerprint density at radius 1 is 0.760 bits per heavy atom. The van der Waals surface area contributed by atoms with Gasteiger partial charge in [-0.2, -0.15) is 0 Å². The molecule has 0 atom stereocenters. The fourth-order valence-corrected chi connectivity index (χ4v) is 3.10. The molecule has 0 saturated heterocycles. The fourth-order valence-electron chi connectivity index (χ4n) is 3.10. The number of hydrogen-bond acceptors (Lipinski definition) is 3. The summed E-state index contributed by atoms with van der Waals surface area (Å²) in [6.07, 6.45) is 0. The van der Waals surface area contributed by atoms with E-state index in [9.17, 15) is 9.59 Å². The van der Waals surface area contributed by atoms with Crippen molar-refractivity contribution in [3.8, 4) is 16.9 Å². The van der Waals surface area contributed by atoms with Crippen molar-refractivity contribution in [2.75, 3.05) is 0 Å². The quantitative estimate of drug-likeness (QED) is 0.394. The summed E-state index contributed by atoms with van der Waals surface area (Å²) in [5, 5.41) is 0. The molecule has 1 aliphatic rings. The Bertz CT molecular complexity index is 1030. The van der Waals surface area contributed by atoms with Crippen LogP contribution in [0, 0.1) is 13.8 Å². The SMILES string of the molecule is Cc1ccc(OC(=O)c2ccc3c(c2)-c2ccccc2C3=O)cc1C. The molecule has 0 aliphatic heterocycles. The van der Waals surface area contributed by atoms with Crippen molar-refractivity contribution in [3.63, 3.8) is 0 Å². The van der Waals surface area contributed by atoms with Crippen molar-refractivity contribution < 1.29 is 14.3 Å². The molecule has 0 radical (unpaired) electrons. The summed E-state index contributed by atoms with van der Waals surface area (Å²) in [4.78, 5) is 24.9. The van der Waals surface area contributed by atoms with E-state index < -0.39 is 5.97 Å². The average Bonchev–Trinajstić information content (AvgIpc) is 2.91. The molecule has 3 aromatic rings. The van der Waals surface area contributed by atoms with Crippen LogP contribution in [-0.4, -0.2) is 11.8 Å². The standard InChI is InChI=1S/C22H16O3/c1-13-7-9-16(11-14(13)2)25-22(24)15-8-10-19-20(12-15)17-5-3-4-6-18(17)21(19)23/h3-12H,1-2H3. The van der Waals surface area contributed by atoms with Crippen LogP contribution in [0.2, 0.25) is 0 Å². The Morgan fingerprint density at radius 3 is 2.24 bits per heavy atom. The third-order valence-electron chi connectivity index (χ3n) is 4.65. The van der Waals surface area contributed by atoms with Crippen molar-refractivity contribution in [3.05, 3.63) is 88.5 Å². The average molecular weight is 328 g/mol. The van der Waals surface area contributed by atoms with E-state index in [0.29, 0.717) is 22.4 Å². The van der Waals surface area contributed by atoms with E-state index in [4.69, 9.17) is 4.74 Å². The van der Waals surface area contributed by atoms with Crippen LogP contribution in [0.5, 0.6) is 5.75 Å². The van der Waals surface area contributed by atoms with Crippen molar-refractivity contribution in [1.29, 1.82) is 0 Å². The first-order chi connectivity index (χ1) is 12.0. The molecule has 0 spiro atoms. The van der Waals surface area contributed by atoms with Gasteiger partial charge in [0.2, 0.25) is 0 Å². The lowest BCUT2D eigenvalue weighted by molar-refractivity contribution is 0.0734. The largest absolute Gasteiger partial charge is 0.423 e. The second kappa shape index (κ2) is 5.71. The zero-order valence-corrected chi connectivity index (χ0v) is 14.0. The Kier molecular flexibility index (Phi) is 3.50. The molecule has 0 saturated carbocycles. The van der Waals surface area contributed by atoms with E-state index >= 15 is 0 Å². The van der Waals surface area contributed by atoms with Crippen LogP contribution in [-0.2, 0) is 0 Å². The highest BCUT2D eigenvalue weighted by Crippen LogP contribution is 2.37. The van der Waals surface area contributed by atoms with E-state index in [1.807, 2.05) is 50.2 Å². The van der Waals surface area contributed by atoms with Gasteiger partial charge in [-0.25, -0.2) is 4.79 Å². The van der Waals surface area contributed by atoms with E-state index in [0.717, 1.165) is 22.3 Å². The summed E-state index contributed by atoms with van der Waals surface area (Å²) in [6.45, 7) is 3.99. The molecule has 0 heterocycles. The van der Waals surface area contributed by atoms with Crippen molar-refractivity contribution in [2.45, 2.75) is 13.8 Å². The van der Waals surface area contributed by atoms with Gasteiger partial charge in [-0.3, -0.25) is 4.79 Å². The number of carbonyl (C=O) groups is 2. The lowest BCUT2D eigenvalue weighted by Crippen LogP contribution is -2.09. The van der Waals surface area contributed by atoms with E-state index in [-0.39, 0.29) is 5.78 Å². The second-order valence-electron chi connectivity index (χ2n) is 6.27. The van der Waals surface area contributed by atoms with Gasteiger partial charge in [0.25, 0.3) is 0 Å².